The summed E-state index contributed by atoms with van der Waals surface area (Å²) in [5, 5.41) is -0.118. The number of hydrogen-bond acceptors (Lipinski definition) is 6. The summed E-state index contributed by atoms with van der Waals surface area (Å²) in [6.07, 6.45) is 1.32. The molecule has 0 bridgehead atoms. The number of carbonyl (C=O) groups is 1. The molecule has 0 aliphatic rings. The van der Waals surface area contributed by atoms with Crippen LogP contribution in [0.3, 0.4) is 0 Å². The summed E-state index contributed by atoms with van der Waals surface area (Å²) in [7, 11) is -2.38. The fourth-order valence-corrected chi connectivity index (χ4v) is 3.62. The lowest BCUT2D eigenvalue weighted by molar-refractivity contribution is -0.143. The minimum atomic E-state index is -3.92. The molecule has 120 valence electrons. The summed E-state index contributed by atoms with van der Waals surface area (Å²) in [5.41, 5.74) is 5.63. The monoisotopic (exact) mass is 318 g/mol. The summed E-state index contributed by atoms with van der Waals surface area (Å²) >= 11 is 0. The van der Waals surface area contributed by atoms with E-state index < -0.39 is 16.0 Å². The molecule has 2 N–H and O–H groups in total. The molecule has 0 fully saturated rings. The molecule has 0 saturated carbocycles. The molecule has 0 spiro atoms. The van der Waals surface area contributed by atoms with Crippen LogP contribution in [0.4, 0.5) is 5.82 Å². The van der Waals surface area contributed by atoms with E-state index >= 15 is 0 Å². The first-order valence-corrected chi connectivity index (χ1v) is 8.06. The molecule has 1 heterocycles. The maximum atomic E-state index is 12.7. The second-order valence-electron chi connectivity index (χ2n) is 5.04. The lowest BCUT2D eigenvalue weighted by Gasteiger charge is -2.23. The van der Waals surface area contributed by atoms with E-state index in [0.29, 0.717) is 0 Å². The van der Waals surface area contributed by atoms with E-state index in [1.165, 1.54) is 17.9 Å². The second-order valence-corrected chi connectivity index (χ2v) is 6.90. The molecule has 21 heavy (non-hydrogen) atoms. The number of rotatable bonds is 7. The van der Waals surface area contributed by atoms with Gasteiger partial charge in [0.05, 0.1) is 12.9 Å². The largest absolute Gasteiger partial charge is 0.465 e. The molecule has 0 amide bonds. The highest BCUT2D eigenvalue weighted by Crippen LogP contribution is 2.21. The van der Waals surface area contributed by atoms with Gasteiger partial charge < -0.3 is 15.0 Å². The van der Waals surface area contributed by atoms with Crippen LogP contribution in [0.1, 0.15) is 20.8 Å². The maximum Gasteiger partial charge on any atom is 0.321 e. The van der Waals surface area contributed by atoms with Crippen LogP contribution in [-0.2, 0) is 26.6 Å². The Labute approximate surface area is 124 Å². The van der Waals surface area contributed by atoms with E-state index in [-0.39, 0.29) is 36.5 Å². The normalized spacial score (nSPS) is 12.1. The molecule has 0 aliphatic carbocycles. The molecule has 9 heteroatoms. The van der Waals surface area contributed by atoms with Crippen LogP contribution < -0.4 is 5.73 Å². The predicted octanol–water partition coefficient (Wildman–Crippen LogP) is 0.212. The van der Waals surface area contributed by atoms with E-state index in [4.69, 9.17) is 10.5 Å². The van der Waals surface area contributed by atoms with E-state index in [2.05, 4.69) is 4.98 Å². The highest BCUT2D eigenvalue weighted by atomic mass is 32.2. The van der Waals surface area contributed by atoms with Crippen molar-refractivity contribution in [3.8, 4) is 0 Å². The Morgan fingerprint density at radius 3 is 2.57 bits per heavy atom. The van der Waals surface area contributed by atoms with Gasteiger partial charge in [0.25, 0.3) is 10.0 Å². The molecule has 0 radical (unpaired) electrons. The zero-order chi connectivity index (χ0) is 16.2. The van der Waals surface area contributed by atoms with Gasteiger partial charge in [0.15, 0.2) is 10.8 Å². The summed E-state index contributed by atoms with van der Waals surface area (Å²) in [5.74, 6) is -0.638. The van der Waals surface area contributed by atoms with Gasteiger partial charge in [-0.2, -0.15) is 4.31 Å². The number of sulfonamides is 1. The van der Waals surface area contributed by atoms with Gasteiger partial charge in [-0.3, -0.25) is 4.79 Å². The number of hydrogen-bond donors (Lipinski definition) is 1. The SMILES string of the molecule is CCOC(=O)CN(CC(C)C)S(=O)(=O)c1c(N)ncn1C. The van der Waals surface area contributed by atoms with Crippen molar-refractivity contribution in [2.75, 3.05) is 25.4 Å². The average molecular weight is 318 g/mol. The first kappa shape index (κ1) is 17.4. The van der Waals surface area contributed by atoms with Gasteiger partial charge >= 0.3 is 5.97 Å². The number of aryl methyl sites for hydroxylation is 1. The Bertz CT molecular complexity index is 575. The van der Waals surface area contributed by atoms with Gasteiger partial charge in [0, 0.05) is 13.6 Å². The molecular weight excluding hydrogens is 296 g/mol. The number of ether oxygens (including phenoxy) is 1. The zero-order valence-corrected chi connectivity index (χ0v) is 13.6. The van der Waals surface area contributed by atoms with E-state index in [1.54, 1.807) is 6.92 Å². The first-order valence-electron chi connectivity index (χ1n) is 6.62. The smallest absolute Gasteiger partial charge is 0.321 e. The van der Waals surface area contributed by atoms with Crippen molar-refractivity contribution in [1.29, 1.82) is 0 Å². The van der Waals surface area contributed by atoms with Gasteiger partial charge in [0.1, 0.15) is 6.54 Å². The van der Waals surface area contributed by atoms with Gasteiger partial charge in [-0.1, -0.05) is 13.8 Å². The third-order valence-electron chi connectivity index (χ3n) is 2.67. The molecular formula is C12H22N4O4S. The van der Waals surface area contributed by atoms with Gasteiger partial charge in [-0.15, -0.1) is 0 Å². The lowest BCUT2D eigenvalue weighted by Crippen LogP contribution is -2.39. The lowest BCUT2D eigenvalue weighted by atomic mass is 10.2. The van der Waals surface area contributed by atoms with Crippen molar-refractivity contribution in [2.45, 2.75) is 25.8 Å². The van der Waals surface area contributed by atoms with Crippen LogP contribution in [0, 0.1) is 5.92 Å². The minimum Gasteiger partial charge on any atom is -0.465 e. The summed E-state index contributed by atoms with van der Waals surface area (Å²) < 4.78 is 32.6. The first-order chi connectivity index (χ1) is 9.70. The van der Waals surface area contributed by atoms with Crippen molar-refractivity contribution in [3.63, 3.8) is 0 Å². The van der Waals surface area contributed by atoms with Crippen LogP contribution in [0.5, 0.6) is 0 Å². The minimum absolute atomic E-state index is 0.0450. The van der Waals surface area contributed by atoms with Crippen LogP contribution in [0.2, 0.25) is 0 Å². The number of nitrogen functional groups attached to an aromatic ring is 1. The molecule has 1 aromatic rings. The standard InChI is InChI=1S/C12H22N4O4S/c1-5-20-10(17)7-16(6-9(2)3)21(18,19)12-11(13)14-8-15(12)4/h8-9H,5-7,13H2,1-4H3. The number of anilines is 1. The molecule has 0 aliphatic heterocycles. The van der Waals surface area contributed by atoms with Crippen LogP contribution in [0.15, 0.2) is 11.4 Å². The number of esters is 1. The number of carbonyl (C=O) groups excluding carboxylic acids is 1. The topological polar surface area (TPSA) is 108 Å². The van der Waals surface area contributed by atoms with E-state index in [1.807, 2.05) is 13.8 Å². The molecule has 0 unspecified atom stereocenters. The predicted molar refractivity (Wildman–Crippen MR) is 77.9 cm³/mol. The summed E-state index contributed by atoms with van der Waals surface area (Å²) in [6.45, 7) is 5.42. The number of nitrogens with two attached hydrogens (primary N) is 1. The fraction of sp³-hybridized carbons (Fsp3) is 0.667. The quantitative estimate of drug-likeness (QED) is 0.720. The Morgan fingerprint density at radius 1 is 1.52 bits per heavy atom. The number of aromatic nitrogens is 2. The highest BCUT2D eigenvalue weighted by molar-refractivity contribution is 7.89. The number of nitrogens with zero attached hydrogens (tertiary/aromatic N) is 3. The third-order valence-corrected chi connectivity index (χ3v) is 4.62. The van der Waals surface area contributed by atoms with Crippen molar-refractivity contribution in [2.24, 2.45) is 13.0 Å². The van der Waals surface area contributed by atoms with Gasteiger partial charge in [-0.25, -0.2) is 13.4 Å². The Balaban J connectivity index is 3.15. The second kappa shape index (κ2) is 6.90. The molecule has 1 rings (SSSR count). The maximum absolute atomic E-state index is 12.7. The third kappa shape index (κ3) is 4.18. The van der Waals surface area contributed by atoms with E-state index in [9.17, 15) is 13.2 Å². The fourth-order valence-electron chi connectivity index (χ4n) is 1.88. The van der Waals surface area contributed by atoms with E-state index in [0.717, 1.165) is 4.31 Å². The Hall–Kier alpha value is -1.61. The molecule has 1 aromatic heterocycles. The summed E-state index contributed by atoms with van der Waals surface area (Å²) in [6, 6.07) is 0. The van der Waals surface area contributed by atoms with Crippen LogP contribution in [0.25, 0.3) is 0 Å². The molecule has 0 saturated heterocycles. The molecule has 0 atom stereocenters. The molecule has 0 aromatic carbocycles. The Kier molecular flexibility index (Phi) is 5.73. The van der Waals surface area contributed by atoms with Crippen molar-refractivity contribution >= 4 is 21.8 Å². The van der Waals surface area contributed by atoms with Gasteiger partial charge in [0.2, 0.25) is 0 Å². The molecule has 8 nitrogen and oxygen atoms in total. The number of imidazole rings is 1. The summed E-state index contributed by atoms with van der Waals surface area (Å²) in [4.78, 5) is 15.4. The van der Waals surface area contributed by atoms with Crippen molar-refractivity contribution in [1.82, 2.24) is 13.9 Å². The van der Waals surface area contributed by atoms with Crippen LogP contribution in [-0.4, -0.2) is 47.9 Å². The van der Waals surface area contributed by atoms with Gasteiger partial charge in [-0.05, 0) is 12.8 Å². The van der Waals surface area contributed by atoms with Crippen molar-refractivity contribution in [3.05, 3.63) is 6.33 Å². The average Bonchev–Trinajstić information content (AvgIpc) is 2.68. The van der Waals surface area contributed by atoms with Crippen LogP contribution >= 0.6 is 0 Å². The Morgan fingerprint density at radius 2 is 2.14 bits per heavy atom. The zero-order valence-electron chi connectivity index (χ0n) is 12.7. The van der Waals surface area contributed by atoms with Crippen molar-refractivity contribution < 1.29 is 17.9 Å². The highest BCUT2D eigenvalue weighted by Gasteiger charge is 2.32.